The Bertz CT molecular complexity index is 674. The van der Waals surface area contributed by atoms with Crippen LogP contribution in [0.1, 0.15) is 0 Å². The van der Waals surface area contributed by atoms with Crippen LogP contribution in [-0.4, -0.2) is 70.4 Å². The average Bonchev–Trinajstić information content (AvgIpc) is 2.22. The molecule has 0 rings (SSSR count). The Balaban J connectivity index is 7.45. The van der Waals surface area contributed by atoms with Gasteiger partial charge in [0.05, 0.1) is 0 Å². The topological polar surface area (TPSA) is 102 Å². The predicted octanol–water partition coefficient (Wildman–Crippen LogP) is 0.570. The van der Waals surface area contributed by atoms with Gasteiger partial charge in [0.1, 0.15) is 0 Å². The fourth-order valence-corrected chi connectivity index (χ4v) is 9.58. The summed E-state index contributed by atoms with van der Waals surface area (Å²) < 4.78 is 171. The van der Waals surface area contributed by atoms with Crippen molar-refractivity contribution in [2.75, 3.05) is 0 Å². The fourth-order valence-electron chi connectivity index (χ4n) is 1.06. The second kappa shape index (κ2) is 5.61. The van der Waals surface area contributed by atoms with Gasteiger partial charge in [-0.2, -0.15) is 0 Å². The first-order chi connectivity index (χ1) is 9.50. The molecule has 0 N–H and O–H groups in total. The third-order valence-electron chi connectivity index (χ3n) is 2.38. The Morgan fingerprint density at radius 3 is 0.696 bits per heavy atom. The molecular weight excluding hydrogens is 434 g/mol. The Kier molecular flexibility index (Phi) is 5.67. The maximum absolute atomic E-state index is 12.3. The molecule has 0 amide bonds. The number of sulfone groups is 3. The van der Waals surface area contributed by atoms with E-state index < -0.39 is 74.6 Å². The summed E-state index contributed by atoms with van der Waals surface area (Å²) in [5.74, 6) is 0. The van der Waals surface area contributed by atoms with E-state index in [4.69, 9.17) is 0 Å². The van der Waals surface area contributed by atoms with E-state index in [-0.39, 0.29) is 0 Å². The van der Waals surface area contributed by atoms with Crippen molar-refractivity contribution >= 4 is 57.4 Å². The van der Waals surface area contributed by atoms with E-state index in [2.05, 4.69) is 0 Å². The summed E-state index contributed by atoms with van der Waals surface area (Å²) in [7, 11) is -23.9. The SMILES string of the molecule is O=S(=O)(C(F)(F)F)[C]([Na])(S(=O)(=O)C(F)(F)F)S(=O)(=O)C(F)(F)F. The van der Waals surface area contributed by atoms with Crippen LogP contribution in [0.25, 0.3) is 0 Å². The molecule has 0 saturated heterocycles. The molecule has 134 valence electrons. The quantitative estimate of drug-likeness (QED) is 0.476. The van der Waals surface area contributed by atoms with E-state index in [1.54, 1.807) is 0 Å². The predicted molar refractivity (Wildman–Crippen MR) is 53.4 cm³/mol. The van der Waals surface area contributed by atoms with Gasteiger partial charge in [0.25, 0.3) is 0 Å². The van der Waals surface area contributed by atoms with Crippen LogP contribution >= 0.6 is 0 Å². The summed E-state index contributed by atoms with van der Waals surface area (Å²) in [5, 5.41) is 0. The van der Waals surface area contributed by atoms with Crippen molar-refractivity contribution in [3.05, 3.63) is 0 Å². The molecule has 0 saturated carbocycles. The van der Waals surface area contributed by atoms with Crippen LogP contribution in [0.3, 0.4) is 0 Å². The molecule has 0 aliphatic rings. The number of hydrogen-bond donors (Lipinski definition) is 0. The molecule has 0 heterocycles. The van der Waals surface area contributed by atoms with Crippen LogP contribution in [0, 0.1) is 0 Å². The fraction of sp³-hybridized carbons (Fsp3) is 1.00. The van der Waals surface area contributed by atoms with Gasteiger partial charge in [-0.05, 0) is 0 Å². The van der Waals surface area contributed by atoms with Crippen LogP contribution < -0.4 is 0 Å². The van der Waals surface area contributed by atoms with Gasteiger partial charge in [0.2, 0.25) is 0 Å². The summed E-state index contributed by atoms with van der Waals surface area (Å²) in [6.07, 6.45) is 0. The Labute approximate surface area is 139 Å². The van der Waals surface area contributed by atoms with E-state index in [1.165, 1.54) is 0 Å². The van der Waals surface area contributed by atoms with Crippen LogP contribution in [0.5, 0.6) is 0 Å². The van der Waals surface area contributed by atoms with Crippen molar-refractivity contribution in [2.45, 2.75) is 17.2 Å². The average molecular weight is 434 g/mol. The van der Waals surface area contributed by atoms with Crippen LogP contribution in [0.4, 0.5) is 39.5 Å². The summed E-state index contributed by atoms with van der Waals surface area (Å²) in [4.78, 5) is 0. The molecule has 0 aliphatic carbocycles. The molecule has 0 aliphatic heterocycles. The molecule has 23 heavy (non-hydrogen) atoms. The molecule has 0 aromatic rings. The second-order valence-corrected chi connectivity index (χ2v) is 15.0. The molecule has 0 unspecified atom stereocenters. The van der Waals surface area contributed by atoms with Crippen molar-refractivity contribution in [2.24, 2.45) is 0 Å². The number of hydrogen-bond acceptors (Lipinski definition) is 6. The first-order valence-corrected chi connectivity index (χ1v) is 9.88. The van der Waals surface area contributed by atoms with Crippen LogP contribution in [0.2, 0.25) is 0 Å². The van der Waals surface area contributed by atoms with Crippen molar-refractivity contribution in [3.8, 4) is 0 Å². The monoisotopic (exact) mass is 434 g/mol. The first kappa shape index (κ1) is 23.2. The molecule has 0 aromatic heterocycles. The zero-order valence-corrected chi connectivity index (χ0v) is 14.5. The Morgan fingerprint density at radius 1 is 0.478 bits per heavy atom. The van der Waals surface area contributed by atoms with Crippen molar-refractivity contribution in [1.82, 2.24) is 0 Å². The Hall–Kier alpha value is 0.220. The number of rotatable bonds is 3. The van der Waals surface area contributed by atoms with Gasteiger partial charge in [-0.25, -0.2) is 0 Å². The van der Waals surface area contributed by atoms with Gasteiger partial charge < -0.3 is 0 Å². The van der Waals surface area contributed by atoms with Crippen molar-refractivity contribution in [1.29, 1.82) is 0 Å². The molecule has 0 aromatic carbocycles. The summed E-state index contributed by atoms with van der Waals surface area (Å²) in [5.41, 5.74) is -21.1. The normalized spacial score (nSPS) is 16.5. The minimum atomic E-state index is -7.97. The Morgan fingerprint density at radius 2 is 0.609 bits per heavy atom. The van der Waals surface area contributed by atoms with Crippen LogP contribution in [-0.2, 0) is 29.5 Å². The summed E-state index contributed by atoms with van der Waals surface area (Å²) in [6, 6.07) is 0. The van der Waals surface area contributed by atoms with E-state index in [9.17, 15) is 64.8 Å². The third kappa shape index (κ3) is 3.09. The van der Waals surface area contributed by atoms with Gasteiger partial charge in [0.15, 0.2) is 0 Å². The maximum atomic E-state index is 12.3. The summed E-state index contributed by atoms with van der Waals surface area (Å²) in [6.45, 7) is 0. The molecule has 0 bridgehead atoms. The van der Waals surface area contributed by atoms with Gasteiger partial charge in [0, 0.05) is 0 Å². The summed E-state index contributed by atoms with van der Waals surface area (Å²) >= 11 is -2.74. The number of alkyl halides is 9. The minimum absolute atomic E-state index is 2.74. The van der Waals surface area contributed by atoms with Crippen molar-refractivity contribution < 1.29 is 64.8 Å². The molecule has 0 radical (unpaired) electrons. The third-order valence-corrected chi connectivity index (χ3v) is 15.9. The zero-order chi connectivity index (χ0) is 19.5. The van der Waals surface area contributed by atoms with Crippen LogP contribution in [0.15, 0.2) is 0 Å². The van der Waals surface area contributed by atoms with Crippen molar-refractivity contribution in [3.63, 3.8) is 0 Å². The van der Waals surface area contributed by atoms with E-state index in [1.807, 2.05) is 0 Å². The van der Waals surface area contributed by atoms with E-state index in [0.717, 1.165) is 0 Å². The molecule has 19 heteroatoms. The molecule has 0 fully saturated rings. The molecule has 0 atom stereocenters. The number of halogens is 9. The van der Waals surface area contributed by atoms with Gasteiger partial charge in [-0.15, -0.1) is 0 Å². The molecular formula is C4F9NaO6S3. The standard InChI is InChI=1S/C4F9O6S3.Na/c5-2(6,7)20(14,15)1(21(16,17)3(8,9)10)22(18,19)4(11,12)13;. The van der Waals surface area contributed by atoms with E-state index >= 15 is 0 Å². The molecule has 0 spiro atoms. The van der Waals surface area contributed by atoms with E-state index in [0.29, 0.717) is 0 Å². The zero-order valence-electron chi connectivity index (χ0n) is 10.1. The van der Waals surface area contributed by atoms with Gasteiger partial charge in [-0.3, -0.25) is 0 Å². The van der Waals surface area contributed by atoms with Gasteiger partial charge >= 0.3 is 139 Å². The van der Waals surface area contributed by atoms with Gasteiger partial charge in [-0.1, -0.05) is 0 Å². The first-order valence-electron chi connectivity index (χ1n) is 4.43. The second-order valence-electron chi connectivity index (χ2n) is 3.71. The molecule has 6 nitrogen and oxygen atoms in total.